The van der Waals surface area contributed by atoms with Crippen LogP contribution in [0.1, 0.15) is 0 Å². The average Bonchev–Trinajstić information content (AvgIpc) is 3.53. The van der Waals surface area contributed by atoms with Gasteiger partial charge in [-0.3, -0.25) is 0 Å². The van der Waals surface area contributed by atoms with E-state index in [0.717, 1.165) is 0 Å². The number of fused-ring (bicyclic) bond motifs is 12. The Morgan fingerprint density at radius 3 is 2.09 bits per heavy atom. The summed E-state index contributed by atoms with van der Waals surface area (Å²) in [6, 6.07) is 38.2. The van der Waals surface area contributed by atoms with Gasteiger partial charge in [0.15, 0.2) is 0 Å². The Morgan fingerprint density at radius 2 is 1.24 bits per heavy atom. The van der Waals surface area contributed by atoms with Crippen LogP contribution in [0.3, 0.4) is 0 Å². The quantitative estimate of drug-likeness (QED) is 0.240. The zero-order chi connectivity index (χ0) is 21.5. The van der Waals surface area contributed by atoms with Crippen LogP contribution < -0.4 is 14.0 Å². The fourth-order valence-electron chi connectivity index (χ4n) is 5.52. The van der Waals surface area contributed by atoms with Crippen LogP contribution in [0.15, 0.2) is 103 Å². The zero-order valence-electron chi connectivity index (χ0n) is 17.6. The number of benzene rings is 4. The monoisotopic (exact) mass is 552 g/mol. The summed E-state index contributed by atoms with van der Waals surface area (Å²) in [6.45, 7) is 0.213. The normalized spacial score (nSPS) is 13.9. The first-order valence-corrected chi connectivity index (χ1v) is 14.6. The predicted molar refractivity (Wildman–Crippen MR) is 143 cm³/mol. The van der Waals surface area contributed by atoms with Crippen LogP contribution in [-0.2, 0) is 0 Å². The summed E-state index contributed by atoms with van der Waals surface area (Å²) in [5.41, 5.74) is 6.92. The van der Waals surface area contributed by atoms with E-state index in [1.54, 1.807) is 4.34 Å². The van der Waals surface area contributed by atoms with Crippen LogP contribution in [0.25, 0.3) is 30.4 Å². The van der Waals surface area contributed by atoms with Crippen LogP contribution in [0.5, 0.6) is 0 Å². The van der Waals surface area contributed by atoms with Crippen molar-refractivity contribution in [1.82, 2.24) is 0 Å². The molecule has 2 aliphatic heterocycles. The van der Waals surface area contributed by atoms with Gasteiger partial charge >= 0.3 is 205 Å². The first-order valence-electron chi connectivity index (χ1n) is 11.2. The fraction of sp³-hybridized carbons (Fsp3) is 0. The number of anilines is 4. The summed E-state index contributed by atoms with van der Waals surface area (Å²) in [7, 11) is 0. The molecule has 154 valence electrons. The maximum atomic E-state index is 2.68. The van der Waals surface area contributed by atoms with Gasteiger partial charge in [0.1, 0.15) is 0 Å². The van der Waals surface area contributed by atoms with Gasteiger partial charge in [0, 0.05) is 0 Å². The Bertz CT molecular complexity index is 1700. The van der Waals surface area contributed by atoms with E-state index in [-0.39, 0.29) is 21.5 Å². The SMILES string of the molecule is c1ccc(N2B3c4[se]c5ccccc5c4-c4ccccc4N3c3[se]c4ccccc4c32)cc1. The number of nitrogens with zero attached hydrogens (tertiary/aromatic N) is 2. The van der Waals surface area contributed by atoms with Crippen molar-refractivity contribution in [2.75, 3.05) is 9.62 Å². The first kappa shape index (κ1) is 18.5. The molecule has 0 aliphatic carbocycles. The summed E-state index contributed by atoms with van der Waals surface area (Å²) in [5, 5.41) is 2.85. The van der Waals surface area contributed by atoms with E-state index in [1.165, 1.54) is 52.0 Å². The molecule has 0 bridgehead atoms. The minimum absolute atomic E-state index is 0.213. The van der Waals surface area contributed by atoms with Gasteiger partial charge in [0.05, 0.1) is 0 Å². The third kappa shape index (κ3) is 2.41. The summed E-state index contributed by atoms with van der Waals surface area (Å²) in [6.07, 6.45) is 0. The topological polar surface area (TPSA) is 6.48 Å². The Balaban J connectivity index is 1.52. The van der Waals surface area contributed by atoms with Crippen molar-refractivity contribution < 1.29 is 0 Å². The van der Waals surface area contributed by atoms with Crippen molar-refractivity contribution in [3.63, 3.8) is 0 Å². The first-order chi connectivity index (χ1) is 16.4. The number of hydrogen-bond acceptors (Lipinski definition) is 2. The van der Waals surface area contributed by atoms with Crippen molar-refractivity contribution in [1.29, 1.82) is 0 Å². The molecule has 0 spiro atoms. The van der Waals surface area contributed by atoms with E-state index < -0.39 is 0 Å². The van der Waals surface area contributed by atoms with E-state index in [0.29, 0.717) is 14.5 Å². The Labute approximate surface area is 204 Å². The third-order valence-corrected chi connectivity index (χ3v) is 11.8. The molecule has 0 radical (unpaired) electrons. The number of para-hydroxylation sites is 2. The summed E-state index contributed by atoms with van der Waals surface area (Å²) in [5.74, 6) is 0. The molecule has 4 aromatic carbocycles. The summed E-state index contributed by atoms with van der Waals surface area (Å²) >= 11 is 0.596. The van der Waals surface area contributed by atoms with Crippen molar-refractivity contribution in [2.24, 2.45) is 0 Å². The van der Waals surface area contributed by atoms with Crippen molar-refractivity contribution in [3.05, 3.63) is 103 Å². The molecule has 0 saturated heterocycles. The maximum absolute atomic E-state index is 2.68. The van der Waals surface area contributed by atoms with Crippen LogP contribution in [-0.4, -0.2) is 36.0 Å². The molecule has 2 nitrogen and oxygen atoms in total. The molecule has 0 N–H and O–H groups in total. The van der Waals surface area contributed by atoms with Gasteiger partial charge < -0.3 is 0 Å². The standard InChI is InChI=1S/C28H17BN2Se2/c1-2-10-18(11-3-1)30-26-21-14-6-9-17-24(21)33-28(26)31-22-15-7-4-12-19(22)25-20-13-5-8-16-23(20)32-27(25)29(30)31/h1-17H. The van der Waals surface area contributed by atoms with Gasteiger partial charge in [-0.1, -0.05) is 0 Å². The van der Waals surface area contributed by atoms with Gasteiger partial charge in [-0.05, 0) is 0 Å². The van der Waals surface area contributed by atoms with Crippen LogP contribution in [0, 0.1) is 0 Å². The second kappa shape index (κ2) is 6.79. The molecule has 2 aromatic heterocycles. The second-order valence-corrected chi connectivity index (χ2v) is 13.0. The van der Waals surface area contributed by atoms with Gasteiger partial charge in [-0.2, -0.15) is 0 Å². The molecule has 33 heavy (non-hydrogen) atoms. The molecule has 8 rings (SSSR count). The molecule has 0 amide bonds. The predicted octanol–water partition coefficient (Wildman–Crippen LogP) is 5.77. The number of rotatable bonds is 1. The molecular formula is C28H17BN2Se2. The van der Waals surface area contributed by atoms with E-state index in [9.17, 15) is 0 Å². The molecule has 0 atom stereocenters. The minimum atomic E-state index is 0.213. The molecule has 0 saturated carbocycles. The molecule has 2 aliphatic rings. The number of hydrogen-bond donors (Lipinski definition) is 0. The molecule has 5 heteroatoms. The second-order valence-electron chi connectivity index (χ2n) is 8.56. The Morgan fingerprint density at radius 1 is 0.576 bits per heavy atom. The van der Waals surface area contributed by atoms with Gasteiger partial charge in [0.25, 0.3) is 0 Å². The van der Waals surface area contributed by atoms with Crippen molar-refractivity contribution in [2.45, 2.75) is 0 Å². The molecule has 4 heterocycles. The fourth-order valence-corrected chi connectivity index (χ4v) is 10.8. The third-order valence-electron chi connectivity index (χ3n) is 6.82. The van der Waals surface area contributed by atoms with Gasteiger partial charge in [-0.15, -0.1) is 0 Å². The molecule has 0 fully saturated rings. The van der Waals surface area contributed by atoms with Crippen LogP contribution in [0.2, 0.25) is 0 Å². The summed E-state index contributed by atoms with van der Waals surface area (Å²) < 4.78 is 6.10. The molecule has 6 aromatic rings. The van der Waals surface area contributed by atoms with E-state index in [1.807, 2.05) is 0 Å². The van der Waals surface area contributed by atoms with Crippen molar-refractivity contribution in [3.8, 4) is 11.1 Å². The van der Waals surface area contributed by atoms with E-state index >= 15 is 0 Å². The van der Waals surface area contributed by atoms with Crippen LogP contribution >= 0.6 is 0 Å². The van der Waals surface area contributed by atoms with E-state index in [4.69, 9.17) is 0 Å². The Kier molecular flexibility index (Phi) is 3.80. The zero-order valence-corrected chi connectivity index (χ0v) is 21.0. The molecular weight excluding hydrogens is 533 g/mol. The van der Waals surface area contributed by atoms with Gasteiger partial charge in [0.2, 0.25) is 0 Å². The van der Waals surface area contributed by atoms with Crippen molar-refractivity contribution >= 4 is 81.2 Å². The summed E-state index contributed by atoms with van der Waals surface area (Å²) in [4.78, 5) is 5.33. The van der Waals surface area contributed by atoms with Gasteiger partial charge in [-0.25, -0.2) is 0 Å². The Hall–Kier alpha value is -2.94. The van der Waals surface area contributed by atoms with Crippen LogP contribution in [0.4, 0.5) is 21.6 Å². The van der Waals surface area contributed by atoms with E-state index in [2.05, 4.69) is 113 Å². The molecule has 0 unspecified atom stereocenters. The average molecular weight is 550 g/mol.